The van der Waals surface area contributed by atoms with Crippen LogP contribution in [-0.2, 0) is 14.3 Å². The quantitative estimate of drug-likeness (QED) is 0.372. The maximum Gasteiger partial charge on any atom is 0.305 e. The zero-order valence-corrected chi connectivity index (χ0v) is 8.37. The first-order chi connectivity index (χ1) is 5.88. The number of ether oxygens (including phenoxy) is 2. The molecule has 0 N–H and O–H groups in total. The summed E-state index contributed by atoms with van der Waals surface area (Å²) in [5.41, 5.74) is -0.429. The minimum atomic E-state index is -0.429. The summed E-state index contributed by atoms with van der Waals surface area (Å²) in [6.07, 6.45) is 0.301. The van der Waals surface area contributed by atoms with Gasteiger partial charge in [-0.25, -0.2) is 0 Å². The van der Waals surface area contributed by atoms with Crippen molar-refractivity contribution < 1.29 is 14.3 Å². The molecule has 1 aliphatic rings. The smallest absolute Gasteiger partial charge is 0.305 e. The van der Waals surface area contributed by atoms with Gasteiger partial charge in [0, 0.05) is 6.42 Å². The predicted molar refractivity (Wildman–Crippen MR) is 49.7 cm³/mol. The van der Waals surface area contributed by atoms with E-state index in [1.807, 2.05) is 20.8 Å². The van der Waals surface area contributed by atoms with Crippen LogP contribution in [0, 0.1) is 0 Å². The van der Waals surface area contributed by atoms with E-state index >= 15 is 0 Å². The van der Waals surface area contributed by atoms with Gasteiger partial charge in [-0.05, 0) is 26.6 Å². The van der Waals surface area contributed by atoms with Gasteiger partial charge in [0.15, 0.2) is 0 Å². The molecule has 0 spiro atoms. The van der Waals surface area contributed by atoms with Gasteiger partial charge >= 0.3 is 5.97 Å². The van der Waals surface area contributed by atoms with Gasteiger partial charge in [-0.15, -0.1) is 0 Å². The van der Waals surface area contributed by atoms with Crippen LogP contribution in [0.3, 0.4) is 0 Å². The zero-order chi connectivity index (χ0) is 10.1. The van der Waals surface area contributed by atoms with Gasteiger partial charge in [0.05, 0.1) is 20.6 Å². The van der Waals surface area contributed by atoms with Gasteiger partial charge in [-0.1, -0.05) is 0 Å². The van der Waals surface area contributed by atoms with Crippen molar-refractivity contribution in [3.63, 3.8) is 0 Å². The molecule has 13 heavy (non-hydrogen) atoms. The maximum atomic E-state index is 11.2. The molecule has 0 aromatic rings. The highest BCUT2D eigenvalue weighted by atomic mass is 16.6. The van der Waals surface area contributed by atoms with Crippen molar-refractivity contribution in [2.75, 3.05) is 6.61 Å². The van der Waals surface area contributed by atoms with Crippen molar-refractivity contribution in [2.24, 2.45) is 0 Å². The number of epoxide rings is 1. The third kappa shape index (κ3) is 4.32. The minimum Gasteiger partial charge on any atom is -0.460 e. The van der Waals surface area contributed by atoms with Gasteiger partial charge in [0.25, 0.3) is 0 Å². The molecule has 1 fully saturated rings. The molecule has 1 rings (SSSR count). The van der Waals surface area contributed by atoms with E-state index in [0.29, 0.717) is 6.61 Å². The number of hydrogen-bond donors (Lipinski definition) is 0. The summed E-state index contributed by atoms with van der Waals surface area (Å²) in [6, 6.07) is 0. The van der Waals surface area contributed by atoms with Gasteiger partial charge in [0.1, 0.15) is 5.60 Å². The van der Waals surface area contributed by atoms with E-state index < -0.39 is 5.60 Å². The lowest BCUT2D eigenvalue weighted by atomic mass is 9.82. The van der Waals surface area contributed by atoms with Gasteiger partial charge in [-0.2, -0.15) is 0 Å². The average molecular weight is 182 g/mol. The molecule has 0 aromatic heterocycles. The maximum absolute atomic E-state index is 11.2. The van der Waals surface area contributed by atoms with Crippen molar-refractivity contribution in [3.8, 4) is 0 Å². The van der Waals surface area contributed by atoms with E-state index in [1.54, 1.807) is 0 Å². The first-order valence-electron chi connectivity index (χ1n) is 4.47. The Morgan fingerprint density at radius 2 is 2.23 bits per heavy atom. The number of rotatable bonds is 3. The molecule has 1 saturated heterocycles. The lowest BCUT2D eigenvalue weighted by Gasteiger charge is -2.20. The normalized spacial score (nSPS) is 23.8. The molecule has 1 heterocycles. The molecule has 1 aliphatic heterocycles. The second-order valence-electron chi connectivity index (χ2n) is 4.33. The number of carbonyl (C=O) groups excluding carboxylic acids is 1. The Kier molecular flexibility index (Phi) is 3.01. The molecule has 0 saturated carbocycles. The summed E-state index contributed by atoms with van der Waals surface area (Å²) in [4.78, 5) is 11.2. The summed E-state index contributed by atoms with van der Waals surface area (Å²) in [5, 5.41) is 0. The molecule has 0 aliphatic carbocycles. The molecule has 3 nitrogen and oxygen atoms in total. The lowest BCUT2D eigenvalue weighted by Crippen LogP contribution is -2.25. The Hall–Kier alpha value is -0.505. The number of carbonyl (C=O) groups is 1. The summed E-state index contributed by atoms with van der Waals surface area (Å²) in [6.45, 7) is 6.18. The van der Waals surface area contributed by atoms with E-state index in [0.717, 1.165) is 0 Å². The van der Waals surface area contributed by atoms with Crippen LogP contribution >= 0.6 is 0 Å². The first-order valence-corrected chi connectivity index (χ1v) is 4.47. The highest BCUT2D eigenvalue weighted by Crippen LogP contribution is 2.26. The largest absolute Gasteiger partial charge is 0.460 e. The van der Waals surface area contributed by atoms with Gasteiger partial charge in [0.2, 0.25) is 0 Å². The van der Waals surface area contributed by atoms with Gasteiger partial charge < -0.3 is 9.47 Å². The Morgan fingerprint density at radius 1 is 1.69 bits per heavy atom. The zero-order valence-electron chi connectivity index (χ0n) is 8.37. The summed E-state index contributed by atoms with van der Waals surface area (Å²) in [5.74, 6) is -0.467. The molecule has 2 radical (unpaired) electrons. The number of hydrogen-bond acceptors (Lipinski definition) is 3. The highest BCUT2D eigenvalue weighted by Gasteiger charge is 2.31. The SMILES string of the molecule is [B]C(CC(=O)OC(C)(C)C)C1CO1. The van der Waals surface area contributed by atoms with Crippen LogP contribution in [0.2, 0.25) is 5.82 Å². The molecule has 0 amide bonds. The average Bonchev–Trinajstić information content (AvgIpc) is 2.60. The fourth-order valence-corrected chi connectivity index (χ4v) is 1.01. The minimum absolute atomic E-state index is 0.0625. The van der Waals surface area contributed by atoms with Crippen LogP contribution in [-0.4, -0.2) is 32.1 Å². The standard InChI is InChI=1S/C9H15BO3/c1-9(2,3)13-8(11)4-6(10)7-5-12-7/h6-7H,4-5H2,1-3H3. The second-order valence-corrected chi connectivity index (χ2v) is 4.33. The summed E-state index contributed by atoms with van der Waals surface area (Å²) < 4.78 is 10.1. The molecule has 0 bridgehead atoms. The molecular formula is C9H15BO3. The van der Waals surface area contributed by atoms with Gasteiger partial charge in [-0.3, -0.25) is 4.79 Å². The van der Waals surface area contributed by atoms with Crippen LogP contribution < -0.4 is 0 Å². The highest BCUT2D eigenvalue weighted by molar-refractivity contribution is 6.13. The van der Waals surface area contributed by atoms with Crippen molar-refractivity contribution >= 4 is 13.8 Å². The van der Waals surface area contributed by atoms with Crippen LogP contribution in [0.4, 0.5) is 0 Å². The summed E-state index contributed by atoms with van der Waals surface area (Å²) in [7, 11) is 5.67. The van der Waals surface area contributed by atoms with E-state index in [9.17, 15) is 4.79 Å². The Bertz CT molecular complexity index is 194. The molecule has 2 unspecified atom stereocenters. The van der Waals surface area contributed by atoms with E-state index in [1.165, 1.54) is 0 Å². The predicted octanol–water partition coefficient (Wildman–Crippen LogP) is 1.07. The fourth-order valence-electron chi connectivity index (χ4n) is 1.01. The Balaban J connectivity index is 2.24. The third-order valence-corrected chi connectivity index (χ3v) is 1.66. The van der Waals surface area contributed by atoms with Crippen LogP contribution in [0.25, 0.3) is 0 Å². The van der Waals surface area contributed by atoms with Crippen molar-refractivity contribution in [1.82, 2.24) is 0 Å². The molecule has 72 valence electrons. The van der Waals surface area contributed by atoms with E-state index in [4.69, 9.17) is 17.3 Å². The fraction of sp³-hybridized carbons (Fsp3) is 0.889. The monoisotopic (exact) mass is 182 g/mol. The van der Waals surface area contributed by atoms with Crippen LogP contribution in [0.5, 0.6) is 0 Å². The molecule has 4 heteroatoms. The second kappa shape index (κ2) is 3.70. The first kappa shape index (κ1) is 10.6. The Morgan fingerprint density at radius 3 is 2.62 bits per heavy atom. The number of esters is 1. The molecular weight excluding hydrogens is 167 g/mol. The topological polar surface area (TPSA) is 38.8 Å². The van der Waals surface area contributed by atoms with Crippen molar-refractivity contribution in [2.45, 2.75) is 44.7 Å². The van der Waals surface area contributed by atoms with E-state index in [2.05, 4.69) is 0 Å². The van der Waals surface area contributed by atoms with Crippen molar-refractivity contribution in [3.05, 3.63) is 0 Å². The lowest BCUT2D eigenvalue weighted by molar-refractivity contribution is -0.154. The summed E-state index contributed by atoms with van der Waals surface area (Å²) >= 11 is 0. The Labute approximate surface area is 80.2 Å². The van der Waals surface area contributed by atoms with Crippen LogP contribution in [0.15, 0.2) is 0 Å². The third-order valence-electron chi connectivity index (χ3n) is 1.66. The van der Waals surface area contributed by atoms with Crippen LogP contribution in [0.1, 0.15) is 27.2 Å². The van der Waals surface area contributed by atoms with Crippen molar-refractivity contribution in [1.29, 1.82) is 0 Å². The molecule has 2 atom stereocenters. The molecule has 0 aromatic carbocycles. The van der Waals surface area contributed by atoms with E-state index in [-0.39, 0.29) is 24.3 Å².